The molecular weight excluding hydrogens is 340 g/mol. The van der Waals surface area contributed by atoms with Crippen LogP contribution < -0.4 is 0 Å². The Morgan fingerprint density at radius 2 is 1.80 bits per heavy atom. The van der Waals surface area contributed by atoms with Crippen LogP contribution in [0.3, 0.4) is 0 Å². The molecule has 7 nitrogen and oxygen atoms in total. The van der Waals surface area contributed by atoms with Gasteiger partial charge >= 0.3 is 0 Å². The first-order valence-corrected chi connectivity index (χ1v) is 10.0. The zero-order valence-electron chi connectivity index (χ0n) is 14.7. The Balaban J connectivity index is 1.60. The highest BCUT2D eigenvalue weighted by Crippen LogP contribution is 2.19. The zero-order chi connectivity index (χ0) is 17.9. The lowest BCUT2D eigenvalue weighted by atomic mass is 10.1. The molecule has 0 saturated carbocycles. The molecule has 0 spiro atoms. The molecule has 0 amide bonds. The number of nitrogens with zero attached hydrogens (tertiary/aromatic N) is 4. The first kappa shape index (κ1) is 18.0. The number of rotatable bonds is 6. The van der Waals surface area contributed by atoms with Gasteiger partial charge in [0.25, 0.3) is 0 Å². The van der Waals surface area contributed by atoms with Crippen LogP contribution in [0.15, 0.2) is 33.7 Å². The number of sulfonamides is 1. The summed E-state index contributed by atoms with van der Waals surface area (Å²) in [6, 6.07) is 7.25. The van der Waals surface area contributed by atoms with Crippen LogP contribution in [0.25, 0.3) is 0 Å². The second-order valence-corrected chi connectivity index (χ2v) is 8.24. The van der Waals surface area contributed by atoms with Crippen molar-refractivity contribution in [2.75, 3.05) is 26.2 Å². The second kappa shape index (κ2) is 7.63. The molecule has 25 heavy (non-hydrogen) atoms. The smallest absolute Gasteiger partial charge is 0.243 e. The lowest BCUT2D eigenvalue weighted by Crippen LogP contribution is -2.48. The van der Waals surface area contributed by atoms with Crippen LogP contribution in [0.5, 0.6) is 0 Å². The number of benzene rings is 1. The Kier molecular flexibility index (Phi) is 5.51. The van der Waals surface area contributed by atoms with E-state index in [0.29, 0.717) is 49.3 Å². The molecule has 3 rings (SSSR count). The third-order valence-corrected chi connectivity index (χ3v) is 6.28. The molecule has 1 saturated heterocycles. The summed E-state index contributed by atoms with van der Waals surface area (Å²) in [6.07, 6.45) is 2.02. The summed E-state index contributed by atoms with van der Waals surface area (Å²) in [5.41, 5.74) is 1.17. The zero-order valence-corrected chi connectivity index (χ0v) is 15.5. The van der Waals surface area contributed by atoms with Crippen molar-refractivity contribution in [2.24, 2.45) is 0 Å². The van der Waals surface area contributed by atoms with Gasteiger partial charge in [-0.3, -0.25) is 4.90 Å². The fraction of sp³-hybridized carbons (Fsp3) is 0.529. The molecule has 0 atom stereocenters. The van der Waals surface area contributed by atoms with E-state index < -0.39 is 10.0 Å². The monoisotopic (exact) mass is 364 g/mol. The van der Waals surface area contributed by atoms with Crippen molar-refractivity contribution >= 4 is 10.0 Å². The maximum absolute atomic E-state index is 12.8. The summed E-state index contributed by atoms with van der Waals surface area (Å²) in [5.74, 6) is 1.18. The minimum absolute atomic E-state index is 0.370. The Morgan fingerprint density at radius 1 is 1.12 bits per heavy atom. The molecule has 0 unspecified atom stereocenters. The molecule has 0 aliphatic carbocycles. The highest BCUT2D eigenvalue weighted by Gasteiger charge is 2.28. The molecule has 2 aromatic rings. The van der Waals surface area contributed by atoms with E-state index in [0.717, 1.165) is 12.8 Å². The Bertz CT molecular complexity index is 794. The first-order valence-electron chi connectivity index (χ1n) is 8.59. The third-order valence-electron chi connectivity index (χ3n) is 4.37. The summed E-state index contributed by atoms with van der Waals surface area (Å²) >= 11 is 0. The van der Waals surface area contributed by atoms with Gasteiger partial charge in [-0.05, 0) is 24.1 Å². The fourth-order valence-electron chi connectivity index (χ4n) is 3.00. The quantitative estimate of drug-likeness (QED) is 0.778. The van der Waals surface area contributed by atoms with Crippen LogP contribution in [-0.4, -0.2) is 53.9 Å². The van der Waals surface area contributed by atoms with Gasteiger partial charge in [0.2, 0.25) is 15.9 Å². The van der Waals surface area contributed by atoms with E-state index in [2.05, 4.69) is 22.0 Å². The van der Waals surface area contributed by atoms with Gasteiger partial charge in [0.05, 0.1) is 11.4 Å². The maximum atomic E-state index is 12.8. The van der Waals surface area contributed by atoms with E-state index in [1.165, 1.54) is 5.56 Å². The van der Waals surface area contributed by atoms with Crippen LogP contribution >= 0.6 is 0 Å². The minimum atomic E-state index is -3.43. The lowest BCUT2D eigenvalue weighted by molar-refractivity contribution is 0.176. The third kappa shape index (κ3) is 4.26. The predicted molar refractivity (Wildman–Crippen MR) is 93.5 cm³/mol. The van der Waals surface area contributed by atoms with Crippen LogP contribution in [0.2, 0.25) is 0 Å². The molecule has 1 aliphatic rings. The molecule has 1 aromatic heterocycles. The topological polar surface area (TPSA) is 79.5 Å². The molecule has 1 aromatic carbocycles. The van der Waals surface area contributed by atoms with Gasteiger partial charge in [-0.25, -0.2) is 8.42 Å². The summed E-state index contributed by atoms with van der Waals surface area (Å²) in [7, 11) is -3.43. The number of piperazine rings is 1. The van der Waals surface area contributed by atoms with Crippen molar-refractivity contribution in [3.05, 3.63) is 41.5 Å². The maximum Gasteiger partial charge on any atom is 0.243 e. The van der Waals surface area contributed by atoms with Crippen LogP contribution in [0.4, 0.5) is 0 Å². The van der Waals surface area contributed by atoms with E-state index in [1.54, 1.807) is 23.4 Å². The fourth-order valence-corrected chi connectivity index (χ4v) is 4.42. The highest BCUT2D eigenvalue weighted by molar-refractivity contribution is 7.89. The Morgan fingerprint density at radius 3 is 2.36 bits per heavy atom. The van der Waals surface area contributed by atoms with E-state index >= 15 is 0 Å². The lowest BCUT2D eigenvalue weighted by Gasteiger charge is -2.33. The van der Waals surface area contributed by atoms with Gasteiger partial charge in [0, 0.05) is 33.1 Å². The number of aryl methyl sites for hydroxylation is 2. The van der Waals surface area contributed by atoms with Crippen LogP contribution in [-0.2, 0) is 23.0 Å². The van der Waals surface area contributed by atoms with Gasteiger partial charge in [-0.1, -0.05) is 30.6 Å². The number of hydrogen-bond donors (Lipinski definition) is 0. The van der Waals surface area contributed by atoms with Crippen molar-refractivity contribution in [2.45, 2.75) is 38.1 Å². The van der Waals surface area contributed by atoms with Gasteiger partial charge < -0.3 is 4.52 Å². The van der Waals surface area contributed by atoms with Crippen molar-refractivity contribution < 1.29 is 12.9 Å². The van der Waals surface area contributed by atoms with Crippen LogP contribution in [0, 0.1) is 6.92 Å². The summed E-state index contributed by atoms with van der Waals surface area (Å²) in [5, 5.41) is 3.89. The average molecular weight is 364 g/mol. The van der Waals surface area contributed by atoms with E-state index in [-0.39, 0.29) is 0 Å². The van der Waals surface area contributed by atoms with Gasteiger partial charge in [-0.2, -0.15) is 9.29 Å². The Hall–Kier alpha value is -1.77. The largest absolute Gasteiger partial charge is 0.340 e. The Labute approximate surface area is 148 Å². The van der Waals surface area contributed by atoms with Gasteiger partial charge in [0.15, 0.2) is 5.82 Å². The summed E-state index contributed by atoms with van der Waals surface area (Å²) in [6.45, 7) is 6.69. The van der Waals surface area contributed by atoms with Gasteiger partial charge in [-0.15, -0.1) is 0 Å². The van der Waals surface area contributed by atoms with E-state index in [1.807, 2.05) is 12.1 Å². The number of hydrogen-bond acceptors (Lipinski definition) is 6. The SMILES string of the molecule is CCCc1ccc(S(=O)(=O)N2CCN(Cc3noc(C)n3)CC2)cc1. The van der Waals surface area contributed by atoms with Crippen molar-refractivity contribution in [1.82, 2.24) is 19.3 Å². The highest BCUT2D eigenvalue weighted by atomic mass is 32.2. The average Bonchev–Trinajstić information content (AvgIpc) is 3.01. The van der Waals surface area contributed by atoms with Gasteiger partial charge in [0.1, 0.15) is 0 Å². The molecule has 136 valence electrons. The summed E-state index contributed by atoms with van der Waals surface area (Å²) in [4.78, 5) is 6.70. The van der Waals surface area contributed by atoms with Crippen LogP contribution in [0.1, 0.15) is 30.6 Å². The van der Waals surface area contributed by atoms with E-state index in [4.69, 9.17) is 4.52 Å². The molecule has 0 N–H and O–H groups in total. The van der Waals surface area contributed by atoms with E-state index in [9.17, 15) is 8.42 Å². The molecule has 1 aliphatic heterocycles. The van der Waals surface area contributed by atoms with Crippen molar-refractivity contribution in [3.63, 3.8) is 0 Å². The summed E-state index contributed by atoms with van der Waals surface area (Å²) < 4.78 is 32.1. The first-order chi connectivity index (χ1) is 12.0. The van der Waals surface area contributed by atoms with Crippen molar-refractivity contribution in [1.29, 1.82) is 0 Å². The second-order valence-electron chi connectivity index (χ2n) is 6.30. The minimum Gasteiger partial charge on any atom is -0.340 e. The standard InChI is InChI=1S/C17H24N4O3S/c1-3-4-15-5-7-16(8-6-15)25(22,23)21-11-9-20(10-12-21)13-17-18-14(2)24-19-17/h5-8H,3-4,9-13H2,1-2H3. The molecule has 0 radical (unpaired) electrons. The van der Waals surface area contributed by atoms with Crippen molar-refractivity contribution in [3.8, 4) is 0 Å². The number of aromatic nitrogens is 2. The molecular formula is C17H24N4O3S. The normalized spacial score (nSPS) is 17.0. The molecule has 0 bridgehead atoms. The molecule has 2 heterocycles. The predicted octanol–water partition coefficient (Wildman–Crippen LogP) is 1.84. The molecule has 8 heteroatoms. The molecule has 1 fully saturated rings.